The van der Waals surface area contributed by atoms with Gasteiger partial charge in [-0.3, -0.25) is 4.99 Å². The summed E-state index contributed by atoms with van der Waals surface area (Å²) in [4.78, 5) is 4.54. The Bertz CT molecular complexity index is 572. The predicted molar refractivity (Wildman–Crippen MR) is 112 cm³/mol. The van der Waals surface area contributed by atoms with Crippen molar-refractivity contribution in [2.45, 2.75) is 59.5 Å². The average Bonchev–Trinajstić information content (AvgIpc) is 2.68. The van der Waals surface area contributed by atoms with Gasteiger partial charge >= 0.3 is 0 Å². The summed E-state index contributed by atoms with van der Waals surface area (Å²) >= 11 is 0. The summed E-state index contributed by atoms with van der Waals surface area (Å²) in [7, 11) is 0. The van der Waals surface area contributed by atoms with Crippen molar-refractivity contribution in [2.75, 3.05) is 32.8 Å². The molecule has 0 aliphatic heterocycles. The molecule has 3 N–H and O–H groups in total. The van der Waals surface area contributed by atoms with Crippen LogP contribution in [0.2, 0.25) is 0 Å². The highest BCUT2D eigenvalue weighted by molar-refractivity contribution is 5.79. The maximum absolute atomic E-state index is 10.4. The molecule has 0 amide bonds. The van der Waals surface area contributed by atoms with Crippen LogP contribution < -0.4 is 20.1 Å². The molecule has 1 aromatic rings. The number of aliphatic hydroxyl groups is 1. The first-order valence-corrected chi connectivity index (χ1v) is 10.1. The van der Waals surface area contributed by atoms with Gasteiger partial charge in [0.25, 0.3) is 0 Å². The lowest BCUT2D eigenvalue weighted by molar-refractivity contribution is 0.0418. The Labute approximate surface area is 164 Å². The topological polar surface area (TPSA) is 75.1 Å². The number of benzene rings is 1. The number of hydrogen-bond acceptors (Lipinski definition) is 4. The Hall–Kier alpha value is -1.95. The smallest absolute Gasteiger partial charge is 0.191 e. The summed E-state index contributed by atoms with van der Waals surface area (Å²) < 4.78 is 11.3. The molecule has 0 aromatic heterocycles. The van der Waals surface area contributed by atoms with Gasteiger partial charge in [-0.05, 0) is 57.7 Å². The van der Waals surface area contributed by atoms with Crippen LogP contribution in [0.4, 0.5) is 0 Å². The zero-order valence-corrected chi connectivity index (χ0v) is 17.6. The molecule has 0 aliphatic carbocycles. The minimum Gasteiger partial charge on any atom is -0.490 e. The minimum atomic E-state index is -0.732. The number of hydrogen-bond donors (Lipinski definition) is 3. The van der Waals surface area contributed by atoms with Crippen molar-refractivity contribution in [3.8, 4) is 11.5 Å². The lowest BCUT2D eigenvalue weighted by atomic mass is 9.98. The fraction of sp³-hybridized carbons (Fsp3) is 0.667. The summed E-state index contributed by atoms with van der Waals surface area (Å²) in [6.45, 7) is 13.1. The number of aliphatic imine (C=N–C) groups is 1. The van der Waals surface area contributed by atoms with E-state index in [-0.39, 0.29) is 0 Å². The van der Waals surface area contributed by atoms with Gasteiger partial charge in [-0.1, -0.05) is 19.9 Å². The number of nitrogens with one attached hydrogen (secondary N) is 2. The monoisotopic (exact) mass is 379 g/mol. The van der Waals surface area contributed by atoms with E-state index in [9.17, 15) is 5.11 Å². The Morgan fingerprint density at radius 1 is 1.00 bits per heavy atom. The molecule has 0 fully saturated rings. The Balaban J connectivity index is 2.68. The molecule has 0 aliphatic rings. The largest absolute Gasteiger partial charge is 0.490 e. The summed E-state index contributed by atoms with van der Waals surface area (Å²) in [6, 6.07) is 6.06. The number of guanidine groups is 1. The molecule has 154 valence electrons. The van der Waals surface area contributed by atoms with Gasteiger partial charge in [-0.25, -0.2) is 0 Å². The van der Waals surface area contributed by atoms with Crippen LogP contribution in [-0.2, 0) is 6.42 Å². The van der Waals surface area contributed by atoms with E-state index >= 15 is 0 Å². The van der Waals surface area contributed by atoms with E-state index in [0.29, 0.717) is 32.6 Å². The molecular weight excluding hydrogens is 342 g/mol. The van der Waals surface area contributed by atoms with Crippen molar-refractivity contribution in [3.05, 3.63) is 23.8 Å². The zero-order valence-electron chi connectivity index (χ0n) is 17.6. The van der Waals surface area contributed by atoms with Crippen molar-refractivity contribution < 1.29 is 14.6 Å². The molecule has 6 nitrogen and oxygen atoms in total. The second-order valence-corrected chi connectivity index (χ2v) is 6.45. The van der Waals surface area contributed by atoms with Crippen LogP contribution in [0.1, 0.15) is 53.0 Å². The molecule has 0 radical (unpaired) electrons. The third-order valence-corrected chi connectivity index (χ3v) is 4.51. The molecule has 1 aromatic carbocycles. The predicted octanol–water partition coefficient (Wildman–Crippen LogP) is 3.13. The molecule has 0 spiro atoms. The van der Waals surface area contributed by atoms with Crippen LogP contribution in [0.25, 0.3) is 0 Å². The van der Waals surface area contributed by atoms with Gasteiger partial charge in [0.15, 0.2) is 17.5 Å². The number of nitrogens with zero attached hydrogens (tertiary/aromatic N) is 1. The fourth-order valence-electron chi connectivity index (χ4n) is 2.62. The Morgan fingerprint density at radius 2 is 1.67 bits per heavy atom. The highest BCUT2D eigenvalue weighted by Crippen LogP contribution is 2.28. The molecule has 0 atom stereocenters. The summed E-state index contributed by atoms with van der Waals surface area (Å²) in [5.41, 5.74) is 0.438. The Morgan fingerprint density at radius 3 is 2.26 bits per heavy atom. The van der Waals surface area contributed by atoms with E-state index in [2.05, 4.69) is 21.7 Å². The van der Waals surface area contributed by atoms with Crippen LogP contribution in [-0.4, -0.2) is 49.5 Å². The van der Waals surface area contributed by atoms with Crippen molar-refractivity contribution in [3.63, 3.8) is 0 Å². The molecule has 0 unspecified atom stereocenters. The molecule has 6 heteroatoms. The second kappa shape index (κ2) is 12.4. The molecule has 0 saturated heterocycles. The minimum absolute atomic E-state index is 0.396. The van der Waals surface area contributed by atoms with E-state index in [1.807, 2.05) is 46.8 Å². The third-order valence-electron chi connectivity index (χ3n) is 4.51. The first kappa shape index (κ1) is 23.1. The Kier molecular flexibility index (Phi) is 10.6. The average molecular weight is 380 g/mol. The van der Waals surface area contributed by atoms with E-state index in [4.69, 9.17) is 9.47 Å². The van der Waals surface area contributed by atoms with Crippen LogP contribution >= 0.6 is 0 Å². The van der Waals surface area contributed by atoms with Gasteiger partial charge in [-0.15, -0.1) is 0 Å². The first-order chi connectivity index (χ1) is 13.0. The standard InChI is InChI=1S/C21H37N3O3/c1-6-21(25,7-2)16-24-20(22-8-3)23-14-13-17-11-12-18(26-9-4)19(15-17)27-10-5/h11-12,15,25H,6-10,13-14,16H2,1-5H3,(H2,22,23,24). The van der Waals surface area contributed by atoms with Crippen LogP contribution in [0.3, 0.4) is 0 Å². The molecule has 0 bridgehead atoms. The van der Waals surface area contributed by atoms with Gasteiger partial charge in [0.05, 0.1) is 25.4 Å². The maximum atomic E-state index is 10.4. The van der Waals surface area contributed by atoms with Crippen molar-refractivity contribution in [2.24, 2.45) is 4.99 Å². The van der Waals surface area contributed by atoms with Crippen molar-refractivity contribution in [1.29, 1.82) is 0 Å². The van der Waals surface area contributed by atoms with E-state index in [1.54, 1.807) is 0 Å². The molecule has 0 saturated carbocycles. The van der Waals surface area contributed by atoms with Crippen LogP contribution in [0, 0.1) is 0 Å². The number of rotatable bonds is 12. The highest BCUT2D eigenvalue weighted by atomic mass is 16.5. The van der Waals surface area contributed by atoms with E-state index in [1.165, 1.54) is 5.56 Å². The lowest BCUT2D eigenvalue weighted by Gasteiger charge is -2.23. The maximum Gasteiger partial charge on any atom is 0.191 e. The van der Waals surface area contributed by atoms with Gasteiger partial charge < -0.3 is 25.2 Å². The number of ether oxygens (including phenoxy) is 2. The molecular formula is C21H37N3O3. The summed E-state index contributed by atoms with van der Waals surface area (Å²) in [5.74, 6) is 2.30. The van der Waals surface area contributed by atoms with E-state index < -0.39 is 5.60 Å². The van der Waals surface area contributed by atoms with Gasteiger partial charge in [-0.2, -0.15) is 0 Å². The molecule has 0 heterocycles. The van der Waals surface area contributed by atoms with Crippen molar-refractivity contribution in [1.82, 2.24) is 10.6 Å². The van der Waals surface area contributed by atoms with E-state index in [0.717, 1.165) is 37.0 Å². The quantitative estimate of drug-likeness (QED) is 0.384. The second-order valence-electron chi connectivity index (χ2n) is 6.45. The lowest BCUT2D eigenvalue weighted by Crippen LogP contribution is -2.40. The SMILES string of the molecule is CCNC(=NCC(O)(CC)CC)NCCc1ccc(OCC)c(OCC)c1. The first-order valence-electron chi connectivity index (χ1n) is 10.1. The normalized spacial score (nSPS) is 12.0. The highest BCUT2D eigenvalue weighted by Gasteiger charge is 2.21. The zero-order chi connectivity index (χ0) is 20.1. The fourth-order valence-corrected chi connectivity index (χ4v) is 2.62. The van der Waals surface area contributed by atoms with Gasteiger partial charge in [0.2, 0.25) is 0 Å². The van der Waals surface area contributed by atoms with Gasteiger partial charge in [0, 0.05) is 13.1 Å². The van der Waals surface area contributed by atoms with Crippen molar-refractivity contribution >= 4 is 5.96 Å². The van der Waals surface area contributed by atoms with Gasteiger partial charge in [0.1, 0.15) is 0 Å². The molecule has 27 heavy (non-hydrogen) atoms. The van der Waals surface area contributed by atoms with Crippen LogP contribution in [0.5, 0.6) is 11.5 Å². The third kappa shape index (κ3) is 8.08. The summed E-state index contributed by atoms with van der Waals surface area (Å²) in [6.07, 6.45) is 2.22. The van der Waals surface area contributed by atoms with Crippen LogP contribution in [0.15, 0.2) is 23.2 Å². The molecule has 1 rings (SSSR count). The summed E-state index contributed by atoms with van der Waals surface area (Å²) in [5, 5.41) is 17.0.